The van der Waals surface area contributed by atoms with E-state index in [4.69, 9.17) is 4.74 Å². The van der Waals surface area contributed by atoms with Gasteiger partial charge >= 0.3 is 6.09 Å². The van der Waals surface area contributed by atoms with Gasteiger partial charge in [-0.2, -0.15) is 0 Å². The lowest BCUT2D eigenvalue weighted by Crippen LogP contribution is -2.27. The fourth-order valence-corrected chi connectivity index (χ4v) is 2.22. The summed E-state index contributed by atoms with van der Waals surface area (Å²) < 4.78 is 6.28. The lowest BCUT2D eigenvalue weighted by Gasteiger charge is -2.19. The quantitative estimate of drug-likeness (QED) is 0.671. The lowest BCUT2D eigenvalue weighted by atomic mass is 10.2. The predicted molar refractivity (Wildman–Crippen MR) is 103 cm³/mol. The number of carbonyl (C=O) groups is 2. The van der Waals surface area contributed by atoms with E-state index in [2.05, 4.69) is 33.2 Å². The van der Waals surface area contributed by atoms with E-state index >= 15 is 0 Å². The fraction of sp³-hybridized carbons (Fsp3) is 0.222. The van der Waals surface area contributed by atoms with Gasteiger partial charge in [-0.25, -0.2) is 4.79 Å². The minimum absolute atomic E-state index is 0.208. The van der Waals surface area contributed by atoms with E-state index in [0.29, 0.717) is 11.3 Å². The largest absolute Gasteiger partial charge is 0.444 e. The summed E-state index contributed by atoms with van der Waals surface area (Å²) in [6, 6.07) is 14.1. The molecule has 0 heterocycles. The van der Waals surface area contributed by atoms with Crippen LogP contribution in [0.2, 0.25) is 0 Å². The average molecular weight is 438 g/mol. The Morgan fingerprint density at radius 3 is 1.92 bits per heavy atom. The highest BCUT2D eigenvalue weighted by Gasteiger charge is 2.16. The second-order valence-electron chi connectivity index (χ2n) is 6.17. The zero-order valence-corrected chi connectivity index (χ0v) is 15.9. The highest BCUT2D eigenvalue weighted by Crippen LogP contribution is 2.15. The van der Waals surface area contributed by atoms with Gasteiger partial charge in [-0.15, -0.1) is 0 Å². The molecule has 0 fully saturated rings. The van der Waals surface area contributed by atoms with Crippen molar-refractivity contribution in [3.8, 4) is 0 Å². The van der Waals surface area contributed by atoms with E-state index in [1.165, 1.54) is 0 Å². The first-order valence-electron chi connectivity index (χ1n) is 7.40. The predicted octanol–water partition coefficient (Wildman–Crippen LogP) is 4.89. The topological polar surface area (TPSA) is 67.4 Å². The van der Waals surface area contributed by atoms with Crippen molar-refractivity contribution in [1.82, 2.24) is 0 Å². The van der Waals surface area contributed by atoms with Gasteiger partial charge in [-0.1, -0.05) is 0 Å². The molecule has 0 unspecified atom stereocenters. The highest BCUT2D eigenvalue weighted by atomic mass is 127. The molecule has 0 saturated heterocycles. The summed E-state index contributed by atoms with van der Waals surface area (Å²) in [4.78, 5) is 23.9. The smallest absolute Gasteiger partial charge is 0.412 e. The summed E-state index contributed by atoms with van der Waals surface area (Å²) in [6.45, 7) is 5.39. The molecule has 0 aliphatic heterocycles. The van der Waals surface area contributed by atoms with Crippen LogP contribution in [-0.2, 0) is 4.74 Å². The third kappa shape index (κ3) is 5.84. The number of amides is 2. The Balaban J connectivity index is 1.97. The molecule has 2 aromatic rings. The van der Waals surface area contributed by atoms with Gasteiger partial charge in [0.25, 0.3) is 5.91 Å². The van der Waals surface area contributed by atoms with E-state index < -0.39 is 11.7 Å². The van der Waals surface area contributed by atoms with Crippen molar-refractivity contribution in [1.29, 1.82) is 0 Å². The molecular formula is C18H19IN2O3. The summed E-state index contributed by atoms with van der Waals surface area (Å²) in [5.41, 5.74) is 1.24. The van der Waals surface area contributed by atoms with Crippen LogP contribution in [0.1, 0.15) is 31.1 Å². The second kappa shape index (κ2) is 7.65. The van der Waals surface area contributed by atoms with Gasteiger partial charge < -0.3 is 10.1 Å². The average Bonchev–Trinajstić information content (AvgIpc) is 2.48. The summed E-state index contributed by atoms with van der Waals surface area (Å²) in [5, 5.41) is 5.45. The molecule has 0 bridgehead atoms. The number of halogens is 1. The molecule has 2 N–H and O–H groups in total. The molecule has 6 heteroatoms. The maximum absolute atomic E-state index is 12.2. The number of benzene rings is 2. The maximum atomic E-state index is 12.2. The van der Waals surface area contributed by atoms with Crippen molar-refractivity contribution in [3.05, 3.63) is 57.7 Å². The molecule has 126 valence electrons. The van der Waals surface area contributed by atoms with E-state index in [9.17, 15) is 9.59 Å². The molecule has 2 aromatic carbocycles. The Morgan fingerprint density at radius 1 is 0.875 bits per heavy atom. The number of carbonyl (C=O) groups excluding carboxylic acids is 2. The second-order valence-corrected chi connectivity index (χ2v) is 7.41. The molecule has 0 aliphatic rings. The highest BCUT2D eigenvalue weighted by molar-refractivity contribution is 14.1. The third-order valence-electron chi connectivity index (χ3n) is 2.89. The van der Waals surface area contributed by atoms with Crippen LogP contribution in [0.3, 0.4) is 0 Å². The molecule has 0 saturated carbocycles. The van der Waals surface area contributed by atoms with Crippen molar-refractivity contribution < 1.29 is 14.3 Å². The van der Waals surface area contributed by atoms with Crippen LogP contribution in [0.15, 0.2) is 48.5 Å². The van der Waals surface area contributed by atoms with Crippen molar-refractivity contribution in [2.45, 2.75) is 26.4 Å². The van der Waals surface area contributed by atoms with Crippen molar-refractivity contribution in [2.24, 2.45) is 0 Å². The molecule has 5 nitrogen and oxygen atoms in total. The van der Waals surface area contributed by atoms with Gasteiger partial charge in [0.1, 0.15) is 5.60 Å². The number of nitrogens with one attached hydrogen (secondary N) is 2. The monoisotopic (exact) mass is 438 g/mol. The van der Waals surface area contributed by atoms with Crippen LogP contribution in [-0.4, -0.2) is 17.6 Å². The summed E-state index contributed by atoms with van der Waals surface area (Å²) in [7, 11) is 0. The normalized spacial score (nSPS) is 10.8. The van der Waals surface area contributed by atoms with Crippen molar-refractivity contribution in [3.63, 3.8) is 0 Å². The third-order valence-corrected chi connectivity index (χ3v) is 3.61. The molecule has 0 spiro atoms. The SMILES string of the molecule is CC(C)(C)OC(=O)Nc1ccc(C(=O)Nc2ccc(I)cc2)cc1. The Hall–Kier alpha value is -2.09. The zero-order valence-electron chi connectivity index (χ0n) is 13.7. The van der Waals surface area contributed by atoms with E-state index in [0.717, 1.165) is 9.26 Å². The molecule has 2 rings (SSSR count). The Labute approximate surface area is 154 Å². The van der Waals surface area contributed by atoms with Crippen molar-refractivity contribution in [2.75, 3.05) is 10.6 Å². The van der Waals surface area contributed by atoms with Crippen molar-refractivity contribution >= 4 is 46.0 Å². The van der Waals surface area contributed by atoms with Crippen LogP contribution >= 0.6 is 22.6 Å². The standard InChI is InChI=1S/C18H19IN2O3/c1-18(2,3)24-17(23)21-15-8-4-12(5-9-15)16(22)20-14-10-6-13(19)7-11-14/h4-11H,1-3H3,(H,20,22)(H,21,23). The number of anilines is 2. The van der Waals surface area contributed by atoms with E-state index in [-0.39, 0.29) is 5.91 Å². The minimum atomic E-state index is -0.558. The molecule has 0 atom stereocenters. The van der Waals surface area contributed by atoms with Crippen LogP contribution in [0.5, 0.6) is 0 Å². The Kier molecular flexibility index (Phi) is 5.82. The number of hydrogen-bond acceptors (Lipinski definition) is 3. The van der Waals surface area contributed by atoms with Gasteiger partial charge in [0.2, 0.25) is 0 Å². The van der Waals surface area contributed by atoms with Gasteiger partial charge in [-0.3, -0.25) is 10.1 Å². The first kappa shape index (κ1) is 18.3. The summed E-state index contributed by atoms with van der Waals surface area (Å²) in [6.07, 6.45) is -0.529. The zero-order chi connectivity index (χ0) is 17.7. The van der Waals surface area contributed by atoms with E-state index in [1.54, 1.807) is 45.0 Å². The van der Waals surface area contributed by atoms with Gasteiger partial charge in [0, 0.05) is 20.5 Å². The summed E-state index contributed by atoms with van der Waals surface area (Å²) in [5.74, 6) is -0.208. The molecule has 0 aromatic heterocycles. The van der Waals surface area contributed by atoms with E-state index in [1.807, 2.05) is 24.3 Å². The summed E-state index contributed by atoms with van der Waals surface area (Å²) >= 11 is 2.21. The molecule has 2 amide bonds. The fourth-order valence-electron chi connectivity index (χ4n) is 1.86. The first-order valence-corrected chi connectivity index (χ1v) is 8.48. The number of ether oxygens (including phenoxy) is 1. The lowest BCUT2D eigenvalue weighted by molar-refractivity contribution is 0.0636. The number of rotatable bonds is 3. The van der Waals surface area contributed by atoms with Gasteiger partial charge in [0.05, 0.1) is 0 Å². The van der Waals surface area contributed by atoms with Gasteiger partial charge in [0.15, 0.2) is 0 Å². The van der Waals surface area contributed by atoms with Crippen LogP contribution in [0, 0.1) is 3.57 Å². The first-order chi connectivity index (χ1) is 11.2. The number of hydrogen-bond donors (Lipinski definition) is 2. The van der Waals surface area contributed by atoms with Crippen LogP contribution < -0.4 is 10.6 Å². The Morgan fingerprint density at radius 2 is 1.38 bits per heavy atom. The van der Waals surface area contributed by atoms with Crippen LogP contribution in [0.25, 0.3) is 0 Å². The van der Waals surface area contributed by atoms with Gasteiger partial charge in [-0.05, 0) is 91.9 Å². The molecular weight excluding hydrogens is 419 g/mol. The minimum Gasteiger partial charge on any atom is -0.444 e. The molecule has 24 heavy (non-hydrogen) atoms. The Bertz CT molecular complexity index is 719. The maximum Gasteiger partial charge on any atom is 0.412 e. The molecule has 0 aliphatic carbocycles. The molecule has 0 radical (unpaired) electrons. The van der Waals surface area contributed by atoms with Crippen LogP contribution in [0.4, 0.5) is 16.2 Å².